The quantitative estimate of drug-likeness (QED) is 0.423. The molecule has 3 aromatic rings. The Morgan fingerprint density at radius 3 is 2.80 bits per heavy atom. The van der Waals surface area contributed by atoms with Crippen molar-refractivity contribution in [3.05, 3.63) is 81.9 Å². The minimum absolute atomic E-state index is 0.121. The number of aromatic nitrogens is 2. The molecule has 0 saturated carbocycles. The number of hydrogen-bond acceptors (Lipinski definition) is 4. The van der Waals surface area contributed by atoms with Crippen LogP contribution in [0.2, 0.25) is 0 Å². The largest absolute Gasteiger partial charge is 0.488 e. The zero-order valence-corrected chi connectivity index (χ0v) is 17.7. The van der Waals surface area contributed by atoms with Crippen LogP contribution in [0.25, 0.3) is 0 Å². The summed E-state index contributed by atoms with van der Waals surface area (Å²) >= 11 is 10.4. The highest BCUT2D eigenvalue weighted by Crippen LogP contribution is 2.33. The first kappa shape index (κ1) is 20.6. The molecule has 5 nitrogen and oxygen atoms in total. The van der Waals surface area contributed by atoms with Crippen LogP contribution in [0, 0.1) is 16.4 Å². The van der Waals surface area contributed by atoms with Crippen molar-refractivity contribution in [3.63, 3.8) is 0 Å². The number of H-pyrrole nitrogens is 1. The van der Waals surface area contributed by atoms with Crippen molar-refractivity contribution < 1.29 is 13.5 Å². The predicted octanol–water partition coefficient (Wildman–Crippen LogP) is 4.69. The number of aromatic amines is 1. The summed E-state index contributed by atoms with van der Waals surface area (Å²) < 4.78 is 39.7. The second kappa shape index (κ2) is 9.01. The summed E-state index contributed by atoms with van der Waals surface area (Å²) in [5.74, 6) is -1.17. The summed E-state index contributed by atoms with van der Waals surface area (Å²) in [6.07, 6.45) is 2.94. The molecule has 1 aliphatic heterocycles. The summed E-state index contributed by atoms with van der Waals surface area (Å²) in [5, 5.41) is 1.82. The smallest absolute Gasteiger partial charge is 0.177 e. The van der Waals surface area contributed by atoms with Crippen LogP contribution in [-0.4, -0.2) is 27.7 Å². The van der Waals surface area contributed by atoms with Gasteiger partial charge in [-0.15, -0.1) is 4.47 Å². The van der Waals surface area contributed by atoms with E-state index in [0.29, 0.717) is 36.3 Å². The van der Waals surface area contributed by atoms with Crippen molar-refractivity contribution in [1.29, 1.82) is 0 Å². The molecule has 1 atom stereocenters. The van der Waals surface area contributed by atoms with E-state index in [1.807, 2.05) is 46.1 Å². The van der Waals surface area contributed by atoms with Gasteiger partial charge in [-0.05, 0) is 23.8 Å². The van der Waals surface area contributed by atoms with Gasteiger partial charge in [0, 0.05) is 42.9 Å². The molecule has 2 aromatic carbocycles. The third-order valence-corrected chi connectivity index (χ3v) is 5.71. The molecule has 0 bridgehead atoms. The van der Waals surface area contributed by atoms with Crippen LogP contribution in [0.5, 0.6) is 5.75 Å². The van der Waals surface area contributed by atoms with Gasteiger partial charge in [-0.25, -0.2) is 8.78 Å². The third kappa shape index (κ3) is 4.41. The van der Waals surface area contributed by atoms with Crippen molar-refractivity contribution in [3.8, 4) is 5.75 Å². The molecule has 30 heavy (non-hydrogen) atoms. The monoisotopic (exact) mass is 446 g/mol. The Kier molecular flexibility index (Phi) is 6.19. The average molecular weight is 447 g/mol. The minimum Gasteiger partial charge on any atom is -0.488 e. The van der Waals surface area contributed by atoms with Crippen LogP contribution < -0.4 is 4.74 Å². The summed E-state index contributed by atoms with van der Waals surface area (Å²) in [5.41, 5.74) is 2.59. The van der Waals surface area contributed by atoms with E-state index in [9.17, 15) is 8.78 Å². The van der Waals surface area contributed by atoms with Crippen molar-refractivity contribution >= 4 is 24.6 Å². The van der Waals surface area contributed by atoms with E-state index >= 15 is 0 Å². The highest BCUT2D eigenvalue weighted by atomic mass is 32.1. The topological polar surface area (TPSA) is 45.5 Å². The predicted molar refractivity (Wildman–Crippen MR) is 115 cm³/mol. The van der Waals surface area contributed by atoms with E-state index in [4.69, 9.17) is 29.4 Å². The van der Waals surface area contributed by atoms with Gasteiger partial charge in [0.25, 0.3) is 0 Å². The molecule has 2 heterocycles. The molecule has 0 aliphatic carbocycles. The fourth-order valence-electron chi connectivity index (χ4n) is 3.78. The van der Waals surface area contributed by atoms with Gasteiger partial charge in [0.15, 0.2) is 16.3 Å². The minimum atomic E-state index is -0.676. The lowest BCUT2D eigenvalue weighted by Gasteiger charge is -2.28. The third-order valence-electron chi connectivity index (χ3n) is 5.17. The van der Waals surface area contributed by atoms with E-state index in [2.05, 4.69) is 9.46 Å². The fourth-order valence-corrected chi connectivity index (χ4v) is 4.24. The first-order chi connectivity index (χ1) is 14.5. The zero-order chi connectivity index (χ0) is 21.1. The highest BCUT2D eigenvalue weighted by molar-refractivity contribution is 7.71. The molecule has 0 saturated heterocycles. The van der Waals surface area contributed by atoms with Crippen LogP contribution in [-0.2, 0) is 31.8 Å². The van der Waals surface area contributed by atoms with E-state index in [-0.39, 0.29) is 18.4 Å². The SMILES string of the molecule is Fc1cc(F)c2c(c1)C[C@@H](n1c(CCN(Cc3ccccc3)N=S)c[nH]c1=S)CO2. The molecule has 1 N–H and O–H groups in total. The molecule has 0 spiro atoms. The Hall–Kier alpha value is -2.65. The molecule has 156 valence electrons. The van der Waals surface area contributed by atoms with Crippen molar-refractivity contribution in [2.75, 3.05) is 13.2 Å². The Balaban J connectivity index is 1.49. The van der Waals surface area contributed by atoms with Crippen LogP contribution >= 0.6 is 12.2 Å². The maximum absolute atomic E-state index is 14.0. The van der Waals surface area contributed by atoms with Gasteiger partial charge in [-0.2, -0.15) is 0 Å². The molecule has 9 heteroatoms. The first-order valence-electron chi connectivity index (χ1n) is 9.57. The molecule has 1 aliphatic rings. The van der Waals surface area contributed by atoms with E-state index in [1.54, 1.807) is 0 Å². The van der Waals surface area contributed by atoms with Crippen LogP contribution in [0.15, 0.2) is 53.1 Å². The molecule has 1 aromatic heterocycles. The summed E-state index contributed by atoms with van der Waals surface area (Å²) in [4.78, 5) is 3.07. The van der Waals surface area contributed by atoms with Crippen LogP contribution in [0.4, 0.5) is 8.78 Å². The molecule has 4 rings (SSSR count). The van der Waals surface area contributed by atoms with Crippen molar-refractivity contribution in [2.45, 2.75) is 25.4 Å². The van der Waals surface area contributed by atoms with Crippen LogP contribution in [0.1, 0.15) is 22.9 Å². The second-order valence-corrected chi connectivity index (χ2v) is 7.76. The highest BCUT2D eigenvalue weighted by Gasteiger charge is 2.26. The second-order valence-electron chi connectivity index (χ2n) is 7.21. The van der Waals surface area contributed by atoms with Gasteiger partial charge in [0.1, 0.15) is 12.4 Å². The number of benzene rings is 2. The van der Waals surface area contributed by atoms with Crippen molar-refractivity contribution in [2.24, 2.45) is 4.47 Å². The lowest BCUT2D eigenvalue weighted by atomic mass is 10.0. The Labute approximate surface area is 183 Å². The summed E-state index contributed by atoms with van der Waals surface area (Å²) in [6.45, 7) is 1.49. The number of imidazole rings is 1. The zero-order valence-electron chi connectivity index (χ0n) is 16.1. The molecule has 0 amide bonds. The van der Waals surface area contributed by atoms with Gasteiger partial charge in [-0.1, -0.05) is 30.3 Å². The molecule has 0 fully saturated rings. The normalized spacial score (nSPS) is 15.3. The van der Waals surface area contributed by atoms with E-state index in [1.165, 1.54) is 6.07 Å². The number of halogens is 2. The maximum atomic E-state index is 14.0. The van der Waals surface area contributed by atoms with Gasteiger partial charge >= 0.3 is 0 Å². The Morgan fingerprint density at radius 1 is 1.23 bits per heavy atom. The van der Waals surface area contributed by atoms with E-state index < -0.39 is 11.6 Å². The lowest BCUT2D eigenvalue weighted by molar-refractivity contribution is 0.208. The average Bonchev–Trinajstić information content (AvgIpc) is 3.11. The number of ether oxygens (including phenoxy) is 1. The maximum Gasteiger partial charge on any atom is 0.177 e. The Bertz CT molecular complexity index is 1100. The molecular weight excluding hydrogens is 426 g/mol. The molecular formula is C21H20F2N4OS2. The lowest BCUT2D eigenvalue weighted by Crippen LogP contribution is -2.27. The van der Waals surface area contributed by atoms with Crippen LogP contribution in [0.3, 0.4) is 0 Å². The number of nitrogens with zero attached hydrogens (tertiary/aromatic N) is 3. The first-order valence-corrected chi connectivity index (χ1v) is 10.3. The number of nitrogens with one attached hydrogen (secondary N) is 1. The standard InChI is InChI=1S/C21H20F2N4OS2/c22-16-8-15-9-18(13-28-20(15)19(23)10-16)27-17(11-24-21(27)29)6-7-26(25-30)12-14-4-2-1-3-5-14/h1-5,8,10-11,18H,6-7,9,12-13H2,(H,24,29)/t18-/m1/s1. The summed E-state index contributed by atoms with van der Waals surface area (Å²) in [6, 6.07) is 12.0. The van der Waals surface area contributed by atoms with Gasteiger partial charge in [0.2, 0.25) is 0 Å². The number of rotatable bonds is 7. The Morgan fingerprint density at radius 2 is 2.03 bits per heavy atom. The molecule has 0 radical (unpaired) electrons. The van der Waals surface area contributed by atoms with Gasteiger partial charge in [0.05, 0.1) is 25.0 Å². The van der Waals surface area contributed by atoms with Gasteiger partial charge in [-0.3, -0.25) is 5.01 Å². The van der Waals surface area contributed by atoms with E-state index in [0.717, 1.165) is 17.3 Å². The van der Waals surface area contributed by atoms with Gasteiger partial charge < -0.3 is 14.3 Å². The number of hydrogen-bond donors (Lipinski definition) is 1. The molecule has 0 unspecified atom stereocenters. The summed E-state index contributed by atoms with van der Waals surface area (Å²) in [7, 11) is 0. The number of fused-ring (bicyclic) bond motifs is 1. The van der Waals surface area contributed by atoms with Crippen molar-refractivity contribution in [1.82, 2.24) is 14.6 Å². The fraction of sp³-hybridized carbons (Fsp3) is 0.286.